The largest absolute Gasteiger partial charge is 0.342 e. The maximum Gasteiger partial charge on any atom is 0.236 e. The number of terminal acetylenes is 1. The first kappa shape index (κ1) is 24.0. The van der Waals surface area contributed by atoms with Gasteiger partial charge in [0.2, 0.25) is 11.7 Å². The minimum absolute atomic E-state index is 0.0559. The predicted molar refractivity (Wildman–Crippen MR) is 135 cm³/mol. The Morgan fingerprint density at radius 2 is 2.03 bits per heavy atom. The maximum absolute atomic E-state index is 12.9. The van der Waals surface area contributed by atoms with Gasteiger partial charge in [-0.3, -0.25) is 9.59 Å². The van der Waals surface area contributed by atoms with E-state index in [9.17, 15) is 9.59 Å². The van der Waals surface area contributed by atoms with E-state index in [1.165, 1.54) is 35.7 Å². The van der Waals surface area contributed by atoms with E-state index < -0.39 is 0 Å². The molecule has 0 unspecified atom stereocenters. The van der Waals surface area contributed by atoms with Gasteiger partial charge in [0.15, 0.2) is 5.82 Å². The van der Waals surface area contributed by atoms with Gasteiger partial charge in [-0.15, -0.1) is 6.42 Å². The summed E-state index contributed by atoms with van der Waals surface area (Å²) in [5.41, 5.74) is 5.41. The fraction of sp³-hybridized carbons (Fsp3) is 0.464. The van der Waals surface area contributed by atoms with Crippen molar-refractivity contribution < 1.29 is 9.59 Å². The molecule has 0 bridgehead atoms. The molecule has 1 fully saturated rings. The van der Waals surface area contributed by atoms with Crippen LogP contribution >= 0.6 is 0 Å². The number of amides is 1. The van der Waals surface area contributed by atoms with Crippen LogP contribution in [0.4, 0.5) is 0 Å². The number of allylic oxidation sites excluding steroid dienone is 2. The zero-order valence-corrected chi connectivity index (χ0v) is 20.3. The minimum Gasteiger partial charge on any atom is -0.342 e. The summed E-state index contributed by atoms with van der Waals surface area (Å²) in [5, 5.41) is 0. The van der Waals surface area contributed by atoms with Crippen LogP contribution in [-0.4, -0.2) is 65.2 Å². The van der Waals surface area contributed by atoms with Crippen molar-refractivity contribution in [3.8, 4) is 12.3 Å². The molecule has 0 atom stereocenters. The van der Waals surface area contributed by atoms with E-state index in [1.807, 2.05) is 23.9 Å². The number of hydrogen-bond donors (Lipinski definition) is 1. The summed E-state index contributed by atoms with van der Waals surface area (Å²) in [7, 11) is 3.86. The minimum atomic E-state index is -0.0559. The van der Waals surface area contributed by atoms with E-state index in [1.54, 1.807) is 0 Å². The fourth-order valence-electron chi connectivity index (χ4n) is 5.01. The Morgan fingerprint density at radius 3 is 2.68 bits per heavy atom. The molecular weight excluding hydrogens is 424 g/mol. The molecule has 0 saturated carbocycles. The molecule has 6 heteroatoms. The first-order chi connectivity index (χ1) is 16.4. The van der Waals surface area contributed by atoms with Gasteiger partial charge in [-0.05, 0) is 80.8 Å². The summed E-state index contributed by atoms with van der Waals surface area (Å²) in [4.78, 5) is 36.3. The summed E-state index contributed by atoms with van der Waals surface area (Å²) >= 11 is 0. The number of aromatic amines is 1. The molecule has 0 spiro atoms. The van der Waals surface area contributed by atoms with Crippen LogP contribution in [0, 0.1) is 12.3 Å². The predicted octanol–water partition coefficient (Wildman–Crippen LogP) is 4.04. The quantitative estimate of drug-likeness (QED) is 0.502. The highest BCUT2D eigenvalue weighted by Gasteiger charge is 2.25. The van der Waals surface area contributed by atoms with Crippen LogP contribution in [0.15, 0.2) is 30.5 Å². The van der Waals surface area contributed by atoms with Crippen LogP contribution in [0.25, 0.3) is 5.57 Å². The van der Waals surface area contributed by atoms with Crippen molar-refractivity contribution in [2.24, 2.45) is 0 Å². The van der Waals surface area contributed by atoms with Gasteiger partial charge in [-0.25, -0.2) is 4.98 Å². The topological polar surface area (TPSA) is 69.3 Å². The smallest absolute Gasteiger partial charge is 0.236 e. The van der Waals surface area contributed by atoms with Crippen molar-refractivity contribution in [3.63, 3.8) is 0 Å². The average Bonchev–Trinajstić information content (AvgIpc) is 3.34. The van der Waals surface area contributed by atoms with Crippen LogP contribution in [0.5, 0.6) is 0 Å². The Hall–Kier alpha value is -3.17. The molecule has 2 aliphatic rings. The normalized spacial score (nSPS) is 16.9. The molecule has 0 radical (unpaired) electrons. The Labute approximate surface area is 202 Å². The second-order valence-electron chi connectivity index (χ2n) is 9.67. The van der Waals surface area contributed by atoms with Crippen LogP contribution in [-0.2, 0) is 11.2 Å². The zero-order chi connectivity index (χ0) is 24.1. The first-order valence-corrected chi connectivity index (χ1v) is 12.2. The number of likely N-dealkylation sites (N-methyl/N-ethyl adjacent to an activating group) is 1. The number of piperidine rings is 1. The van der Waals surface area contributed by atoms with Crippen molar-refractivity contribution in [3.05, 3.63) is 58.7 Å². The van der Waals surface area contributed by atoms with Crippen molar-refractivity contribution in [2.75, 3.05) is 33.7 Å². The first-order valence-electron chi connectivity index (χ1n) is 12.2. The number of nitrogens with one attached hydrogen (secondary N) is 1. The number of carbonyl (C=O) groups is 2. The van der Waals surface area contributed by atoms with Crippen molar-refractivity contribution in [1.29, 1.82) is 0 Å². The van der Waals surface area contributed by atoms with Crippen molar-refractivity contribution in [1.82, 2.24) is 19.8 Å². The molecule has 1 aliphatic heterocycles. The Morgan fingerprint density at radius 1 is 1.24 bits per heavy atom. The average molecular weight is 459 g/mol. The highest BCUT2D eigenvalue weighted by Crippen LogP contribution is 2.35. The van der Waals surface area contributed by atoms with E-state index >= 15 is 0 Å². The van der Waals surface area contributed by atoms with Crippen LogP contribution in [0.1, 0.15) is 77.4 Å². The maximum atomic E-state index is 12.9. The standard InChI is InChI=1S/C28H34N4O2/c1-4-24-18-29-28(30-24)26(33)17-23-11-10-22(16-25(23)21-8-6-5-7-9-21)20-12-14-32(15-13-20)27(34)19-31(2)3/h1,8,10-11,16,18,20H,5-7,9,12-15,17,19H2,2-3H3,(H,29,30). The molecule has 4 rings (SSSR count). The lowest BCUT2D eigenvalue weighted by Gasteiger charge is -2.33. The van der Waals surface area contributed by atoms with Crippen LogP contribution in [0.2, 0.25) is 0 Å². The summed E-state index contributed by atoms with van der Waals surface area (Å²) in [6.45, 7) is 2.06. The summed E-state index contributed by atoms with van der Waals surface area (Å²) in [6, 6.07) is 6.59. The van der Waals surface area contributed by atoms with Gasteiger partial charge < -0.3 is 14.8 Å². The van der Waals surface area contributed by atoms with Gasteiger partial charge in [0, 0.05) is 19.5 Å². The van der Waals surface area contributed by atoms with E-state index in [-0.39, 0.29) is 11.7 Å². The Kier molecular flexibility index (Phi) is 7.64. The van der Waals surface area contributed by atoms with Crippen LogP contribution in [0.3, 0.4) is 0 Å². The lowest BCUT2D eigenvalue weighted by Crippen LogP contribution is -2.42. The van der Waals surface area contributed by atoms with E-state index in [4.69, 9.17) is 6.42 Å². The molecule has 1 amide bonds. The number of hydrogen-bond acceptors (Lipinski definition) is 4. The van der Waals surface area contributed by atoms with Gasteiger partial charge in [0.25, 0.3) is 0 Å². The van der Waals surface area contributed by atoms with E-state index in [0.29, 0.717) is 30.4 Å². The number of ketones is 1. The third kappa shape index (κ3) is 5.66. The highest BCUT2D eigenvalue weighted by atomic mass is 16.2. The zero-order valence-electron chi connectivity index (χ0n) is 20.3. The number of H-pyrrole nitrogens is 1. The lowest BCUT2D eigenvalue weighted by atomic mass is 9.83. The molecule has 2 aromatic rings. The van der Waals surface area contributed by atoms with Gasteiger partial charge in [-0.2, -0.15) is 0 Å². The Balaban J connectivity index is 1.53. The third-order valence-corrected chi connectivity index (χ3v) is 6.89. The molecular formula is C28H34N4O2. The number of aromatic nitrogens is 2. The molecule has 2 heterocycles. The van der Waals surface area contributed by atoms with E-state index in [0.717, 1.165) is 44.3 Å². The Bertz CT molecular complexity index is 1110. The van der Waals surface area contributed by atoms with Gasteiger partial charge in [0.05, 0.1) is 12.7 Å². The molecule has 1 aromatic carbocycles. The molecule has 1 aliphatic carbocycles. The highest BCUT2D eigenvalue weighted by molar-refractivity contribution is 5.95. The number of likely N-dealkylation sites (tertiary alicyclic amines) is 1. The van der Waals surface area contributed by atoms with Crippen molar-refractivity contribution in [2.45, 2.75) is 50.9 Å². The molecule has 178 valence electrons. The van der Waals surface area contributed by atoms with Crippen LogP contribution < -0.4 is 0 Å². The SMILES string of the molecule is C#Cc1cnc(C(=O)Cc2ccc(C3CCN(C(=O)CN(C)C)CC3)cc2C2=CCCCC2)[nH]1. The molecule has 34 heavy (non-hydrogen) atoms. The number of nitrogens with zero attached hydrogens (tertiary/aromatic N) is 3. The fourth-order valence-corrected chi connectivity index (χ4v) is 5.01. The summed E-state index contributed by atoms with van der Waals surface area (Å²) in [5.74, 6) is 3.38. The second-order valence-corrected chi connectivity index (χ2v) is 9.67. The number of rotatable bonds is 7. The van der Waals surface area contributed by atoms with Gasteiger partial charge in [-0.1, -0.05) is 30.2 Å². The van der Waals surface area contributed by atoms with Gasteiger partial charge >= 0.3 is 0 Å². The number of imidazole rings is 1. The number of carbonyl (C=O) groups excluding carboxylic acids is 2. The third-order valence-electron chi connectivity index (χ3n) is 6.89. The molecule has 1 N–H and O–H groups in total. The molecule has 6 nitrogen and oxygen atoms in total. The number of benzene rings is 1. The monoisotopic (exact) mass is 458 g/mol. The molecule has 1 aromatic heterocycles. The summed E-state index contributed by atoms with van der Waals surface area (Å²) < 4.78 is 0. The molecule has 1 saturated heterocycles. The lowest BCUT2D eigenvalue weighted by molar-refractivity contribution is -0.132. The second kappa shape index (κ2) is 10.8. The van der Waals surface area contributed by atoms with E-state index in [2.05, 4.69) is 40.2 Å². The number of Topliss-reactive ketones (excluding diaryl/α,β-unsaturated/α-hetero) is 1. The van der Waals surface area contributed by atoms with Gasteiger partial charge in [0.1, 0.15) is 5.69 Å². The summed E-state index contributed by atoms with van der Waals surface area (Å²) in [6.07, 6.45) is 16.0. The van der Waals surface area contributed by atoms with Crippen molar-refractivity contribution >= 4 is 17.3 Å².